The van der Waals surface area contributed by atoms with Gasteiger partial charge in [0.1, 0.15) is 5.69 Å². The van der Waals surface area contributed by atoms with Gasteiger partial charge in [-0.3, -0.25) is 9.59 Å². The van der Waals surface area contributed by atoms with Gasteiger partial charge in [-0.15, -0.1) is 0 Å². The molecule has 22 heavy (non-hydrogen) atoms. The molecule has 0 spiro atoms. The zero-order valence-corrected chi connectivity index (χ0v) is 13.0. The monoisotopic (exact) mass is 325 g/mol. The molecule has 3 heterocycles. The summed E-state index contributed by atoms with van der Waals surface area (Å²) in [6.45, 7) is 2.10. The highest BCUT2D eigenvalue weighted by Crippen LogP contribution is 2.26. The molecular formula is C14H19N3O4S. The molecule has 0 aliphatic carbocycles. The Morgan fingerprint density at radius 3 is 3.00 bits per heavy atom. The van der Waals surface area contributed by atoms with E-state index in [9.17, 15) is 14.7 Å². The molecule has 1 unspecified atom stereocenters. The SMILES string of the molecule is O=C(NCC(C(=O)O)C1CCOCC1)c1cnc2n1CCS2. The first-order valence-corrected chi connectivity index (χ1v) is 8.42. The molecule has 0 saturated carbocycles. The number of amides is 1. The zero-order valence-electron chi connectivity index (χ0n) is 12.2. The summed E-state index contributed by atoms with van der Waals surface area (Å²) in [7, 11) is 0. The lowest BCUT2D eigenvalue weighted by molar-refractivity contribution is -0.144. The summed E-state index contributed by atoms with van der Waals surface area (Å²) in [5, 5.41) is 13.0. The normalized spacial score (nSPS) is 19.6. The number of ether oxygens (including phenoxy) is 1. The third-order valence-corrected chi connectivity index (χ3v) is 5.20. The van der Waals surface area contributed by atoms with E-state index < -0.39 is 11.9 Å². The number of hydrogen-bond acceptors (Lipinski definition) is 5. The van der Waals surface area contributed by atoms with Crippen LogP contribution in [0, 0.1) is 11.8 Å². The van der Waals surface area contributed by atoms with Crippen LogP contribution in [-0.2, 0) is 16.1 Å². The fourth-order valence-electron chi connectivity index (χ4n) is 2.97. The molecule has 0 bridgehead atoms. The lowest BCUT2D eigenvalue weighted by atomic mass is 9.86. The van der Waals surface area contributed by atoms with Crippen LogP contribution < -0.4 is 5.32 Å². The Kier molecular flexibility index (Phi) is 4.68. The number of carbonyl (C=O) groups excluding carboxylic acids is 1. The predicted octanol–water partition coefficient (Wildman–Crippen LogP) is 0.846. The van der Waals surface area contributed by atoms with Crippen LogP contribution in [0.15, 0.2) is 11.4 Å². The van der Waals surface area contributed by atoms with Crippen LogP contribution in [0.2, 0.25) is 0 Å². The molecule has 2 aliphatic heterocycles. The van der Waals surface area contributed by atoms with Crippen molar-refractivity contribution < 1.29 is 19.4 Å². The first kappa shape index (κ1) is 15.4. The van der Waals surface area contributed by atoms with E-state index in [0.29, 0.717) is 18.9 Å². The van der Waals surface area contributed by atoms with Gasteiger partial charge in [-0.1, -0.05) is 11.8 Å². The molecule has 1 atom stereocenters. The number of carboxylic acid groups (broad SMARTS) is 1. The number of nitrogens with zero attached hydrogens (tertiary/aromatic N) is 2. The largest absolute Gasteiger partial charge is 0.481 e. The molecule has 7 nitrogen and oxygen atoms in total. The fourth-order valence-corrected chi connectivity index (χ4v) is 3.90. The summed E-state index contributed by atoms with van der Waals surface area (Å²) in [6.07, 6.45) is 3.01. The highest BCUT2D eigenvalue weighted by Gasteiger charge is 2.30. The van der Waals surface area contributed by atoms with Crippen molar-refractivity contribution in [3.05, 3.63) is 11.9 Å². The molecule has 2 N–H and O–H groups in total. The first-order valence-electron chi connectivity index (χ1n) is 7.44. The van der Waals surface area contributed by atoms with E-state index in [2.05, 4.69) is 10.3 Å². The lowest BCUT2D eigenvalue weighted by Gasteiger charge is -2.27. The third-order valence-electron chi connectivity index (χ3n) is 4.23. The van der Waals surface area contributed by atoms with E-state index in [1.165, 1.54) is 0 Å². The molecular weight excluding hydrogens is 306 g/mol. The molecule has 3 rings (SSSR count). The highest BCUT2D eigenvalue weighted by atomic mass is 32.2. The second-order valence-corrected chi connectivity index (χ2v) is 6.59. The van der Waals surface area contributed by atoms with Crippen molar-refractivity contribution >= 4 is 23.6 Å². The number of aromatic nitrogens is 2. The average Bonchev–Trinajstić information content (AvgIpc) is 3.10. The van der Waals surface area contributed by atoms with E-state index >= 15 is 0 Å². The molecule has 8 heteroatoms. The Morgan fingerprint density at radius 2 is 2.27 bits per heavy atom. The van der Waals surface area contributed by atoms with Crippen LogP contribution >= 0.6 is 11.8 Å². The maximum Gasteiger partial charge on any atom is 0.308 e. The number of carbonyl (C=O) groups is 2. The molecule has 1 amide bonds. The van der Waals surface area contributed by atoms with Gasteiger partial charge in [-0.05, 0) is 18.8 Å². The maximum absolute atomic E-state index is 12.3. The number of nitrogens with one attached hydrogen (secondary N) is 1. The van der Waals surface area contributed by atoms with Crippen LogP contribution in [0.5, 0.6) is 0 Å². The van der Waals surface area contributed by atoms with Crippen molar-refractivity contribution in [2.24, 2.45) is 11.8 Å². The van der Waals surface area contributed by atoms with Gasteiger partial charge in [0, 0.05) is 32.1 Å². The van der Waals surface area contributed by atoms with Crippen molar-refractivity contribution in [3.8, 4) is 0 Å². The van der Waals surface area contributed by atoms with Crippen molar-refractivity contribution in [2.45, 2.75) is 24.5 Å². The fraction of sp³-hybridized carbons (Fsp3) is 0.643. The van der Waals surface area contributed by atoms with Gasteiger partial charge in [0.15, 0.2) is 5.16 Å². The van der Waals surface area contributed by atoms with E-state index in [1.807, 2.05) is 4.57 Å². The van der Waals surface area contributed by atoms with Crippen LogP contribution in [0.4, 0.5) is 0 Å². The summed E-state index contributed by atoms with van der Waals surface area (Å²) in [6, 6.07) is 0. The number of hydrogen-bond donors (Lipinski definition) is 2. The summed E-state index contributed by atoms with van der Waals surface area (Å²) in [5.41, 5.74) is 0.510. The van der Waals surface area contributed by atoms with Gasteiger partial charge in [-0.2, -0.15) is 0 Å². The Bertz CT molecular complexity index is 568. The topological polar surface area (TPSA) is 93.5 Å². The van der Waals surface area contributed by atoms with Crippen LogP contribution in [0.1, 0.15) is 23.3 Å². The molecule has 1 fully saturated rings. The molecule has 2 aliphatic rings. The Labute approximate surface area is 132 Å². The number of carboxylic acids is 1. The van der Waals surface area contributed by atoms with Crippen LogP contribution in [0.25, 0.3) is 0 Å². The second-order valence-electron chi connectivity index (χ2n) is 5.53. The van der Waals surface area contributed by atoms with Gasteiger partial charge in [0.05, 0.1) is 12.1 Å². The zero-order chi connectivity index (χ0) is 15.5. The number of fused-ring (bicyclic) bond motifs is 1. The molecule has 120 valence electrons. The molecule has 1 saturated heterocycles. The summed E-state index contributed by atoms with van der Waals surface area (Å²) < 4.78 is 7.15. The summed E-state index contributed by atoms with van der Waals surface area (Å²) >= 11 is 1.62. The first-order chi connectivity index (χ1) is 10.7. The Morgan fingerprint density at radius 1 is 1.50 bits per heavy atom. The second kappa shape index (κ2) is 6.70. The lowest BCUT2D eigenvalue weighted by Crippen LogP contribution is -2.39. The average molecular weight is 325 g/mol. The van der Waals surface area contributed by atoms with E-state index in [4.69, 9.17) is 4.74 Å². The highest BCUT2D eigenvalue weighted by molar-refractivity contribution is 7.99. The number of thioether (sulfide) groups is 1. The number of rotatable bonds is 5. The molecule has 1 aromatic heterocycles. The van der Waals surface area contributed by atoms with Crippen molar-refractivity contribution in [1.82, 2.24) is 14.9 Å². The smallest absolute Gasteiger partial charge is 0.308 e. The molecule has 0 radical (unpaired) electrons. The van der Waals surface area contributed by atoms with E-state index in [0.717, 1.165) is 30.3 Å². The van der Waals surface area contributed by atoms with Crippen molar-refractivity contribution in [2.75, 3.05) is 25.5 Å². The van der Waals surface area contributed by atoms with Crippen LogP contribution in [-0.4, -0.2) is 52.0 Å². The summed E-state index contributed by atoms with van der Waals surface area (Å²) in [5.74, 6) is -0.703. The molecule has 1 aromatic rings. The van der Waals surface area contributed by atoms with Gasteiger partial charge in [-0.25, -0.2) is 4.98 Å². The van der Waals surface area contributed by atoms with Gasteiger partial charge < -0.3 is 19.7 Å². The van der Waals surface area contributed by atoms with E-state index in [1.54, 1.807) is 18.0 Å². The predicted molar refractivity (Wildman–Crippen MR) is 80.0 cm³/mol. The Balaban J connectivity index is 1.61. The van der Waals surface area contributed by atoms with Crippen molar-refractivity contribution in [1.29, 1.82) is 0 Å². The molecule has 0 aromatic carbocycles. The van der Waals surface area contributed by atoms with Gasteiger partial charge in [0.2, 0.25) is 0 Å². The maximum atomic E-state index is 12.3. The minimum Gasteiger partial charge on any atom is -0.481 e. The minimum atomic E-state index is -0.860. The quantitative estimate of drug-likeness (QED) is 0.833. The van der Waals surface area contributed by atoms with E-state index in [-0.39, 0.29) is 18.4 Å². The van der Waals surface area contributed by atoms with Gasteiger partial charge in [0.25, 0.3) is 5.91 Å². The standard InChI is InChI=1S/C14H19N3O4S/c18-12(11-8-16-14-17(11)3-6-22-14)15-7-10(13(19)20)9-1-4-21-5-2-9/h8-10H,1-7H2,(H,15,18)(H,19,20). The van der Waals surface area contributed by atoms with Crippen molar-refractivity contribution in [3.63, 3.8) is 0 Å². The summed E-state index contributed by atoms with van der Waals surface area (Å²) in [4.78, 5) is 28.0. The Hall–Kier alpha value is -1.54. The minimum absolute atomic E-state index is 0.0539. The number of imidazole rings is 1. The number of aliphatic carboxylic acids is 1. The van der Waals surface area contributed by atoms with Gasteiger partial charge >= 0.3 is 5.97 Å². The third kappa shape index (κ3) is 3.12. The van der Waals surface area contributed by atoms with Crippen LogP contribution in [0.3, 0.4) is 0 Å².